The zero-order chi connectivity index (χ0) is 52.7. The first kappa shape index (κ1) is 56.2. The minimum atomic E-state index is -0.243. The van der Waals surface area contributed by atoms with Gasteiger partial charge in [-0.2, -0.15) is 0 Å². The van der Waals surface area contributed by atoms with Crippen LogP contribution in [0.5, 0.6) is 23.0 Å². The van der Waals surface area contributed by atoms with Crippen LogP contribution in [0.4, 0.5) is 0 Å². The summed E-state index contributed by atoms with van der Waals surface area (Å²) in [6.45, 7) is 29.2. The van der Waals surface area contributed by atoms with Gasteiger partial charge in [0.2, 0.25) is 0 Å². The standard InChI is InChI=1S/C56H76N12O4/c1-53(2,3)45-29-37-25-39-31-46(54(4,5)6)33-41(50(39)70-22-14-18-62-66-58)27-43-35-48(56(10,11)12)36-44(52(43)72-24-16-20-64-68-60)28-42-34-47(55(7,8)9)32-40(51(42)71-23-15-19-63-67-59)26-38(30-45)49(37)69-21-13-17-61-65-57/h29-36H,13-28H2,1-12H3. The van der Waals surface area contributed by atoms with E-state index in [0.717, 1.165) is 89.8 Å². The number of ether oxygens (including phenoxy) is 4. The summed E-state index contributed by atoms with van der Waals surface area (Å²) >= 11 is 0. The fourth-order valence-corrected chi connectivity index (χ4v) is 8.78. The predicted octanol–water partition coefficient (Wildman–Crippen LogP) is 15.9. The second-order valence-electron chi connectivity index (χ2n) is 22.8. The highest BCUT2D eigenvalue weighted by molar-refractivity contribution is 5.60. The van der Waals surface area contributed by atoms with Gasteiger partial charge in [-0.1, -0.05) is 152 Å². The fourth-order valence-electron chi connectivity index (χ4n) is 8.78. The van der Waals surface area contributed by atoms with Gasteiger partial charge in [0, 0.05) is 71.5 Å². The molecule has 4 aromatic carbocycles. The summed E-state index contributed by atoms with van der Waals surface area (Å²) in [4.78, 5) is 12.0. The summed E-state index contributed by atoms with van der Waals surface area (Å²) in [6.07, 6.45) is 3.99. The van der Waals surface area contributed by atoms with E-state index in [1.54, 1.807) is 0 Å². The van der Waals surface area contributed by atoms with Crippen LogP contribution in [-0.4, -0.2) is 52.6 Å². The second kappa shape index (κ2) is 25.1. The molecule has 0 radical (unpaired) electrons. The molecule has 0 saturated carbocycles. The average Bonchev–Trinajstić information content (AvgIpc) is 3.29. The van der Waals surface area contributed by atoms with Gasteiger partial charge >= 0.3 is 0 Å². The van der Waals surface area contributed by atoms with Gasteiger partial charge in [0.05, 0.1) is 26.4 Å². The predicted molar refractivity (Wildman–Crippen MR) is 288 cm³/mol. The molecule has 0 saturated heterocycles. The van der Waals surface area contributed by atoms with Gasteiger partial charge in [0.15, 0.2) is 0 Å². The molecule has 0 unspecified atom stereocenters. The molecule has 4 aromatic rings. The first-order chi connectivity index (χ1) is 34.1. The summed E-state index contributed by atoms with van der Waals surface area (Å²) in [5.41, 5.74) is 48.1. The molecule has 384 valence electrons. The van der Waals surface area contributed by atoms with E-state index in [9.17, 15) is 0 Å². The molecule has 72 heavy (non-hydrogen) atoms. The average molecular weight is 981 g/mol. The molecule has 0 aliphatic heterocycles. The van der Waals surface area contributed by atoms with Crippen LogP contribution in [0.15, 0.2) is 69.0 Å². The topological polar surface area (TPSA) is 232 Å². The van der Waals surface area contributed by atoms with E-state index in [4.69, 9.17) is 41.1 Å². The molecule has 0 N–H and O–H groups in total. The Kier molecular flexibility index (Phi) is 19.6. The van der Waals surface area contributed by atoms with Crippen molar-refractivity contribution in [2.45, 2.75) is 156 Å². The monoisotopic (exact) mass is 981 g/mol. The SMILES string of the molecule is CC(C)(C)c1cc2c(OCCCN=[N+]=[N-])c(c1)Cc1cc(C(C)(C)C)cc(c1OCCCN=[N+]=[N-])Cc1cc(C(C)(C)C)cc(c1OCCCN=[N+]=[N-])Cc1cc(C(C)(C)C)cc(c1OCCCN=[N+]=[N-])C2. The largest absolute Gasteiger partial charge is 0.493 e. The van der Waals surface area contributed by atoms with Crippen molar-refractivity contribution in [3.05, 3.63) is 157 Å². The minimum absolute atomic E-state index is 0.243. The maximum atomic E-state index is 9.14. The molecular weight excluding hydrogens is 905 g/mol. The molecule has 0 amide bonds. The maximum Gasteiger partial charge on any atom is 0.126 e. The Balaban J connectivity index is 1.99. The van der Waals surface area contributed by atoms with E-state index in [2.05, 4.69) is 172 Å². The molecule has 0 aromatic heterocycles. The Hall–Kier alpha value is -6.68. The van der Waals surface area contributed by atoms with E-state index >= 15 is 0 Å². The maximum absolute atomic E-state index is 9.14. The van der Waals surface area contributed by atoms with Crippen LogP contribution >= 0.6 is 0 Å². The van der Waals surface area contributed by atoms with Crippen LogP contribution in [-0.2, 0) is 47.3 Å². The van der Waals surface area contributed by atoms with Crippen molar-refractivity contribution in [3.8, 4) is 23.0 Å². The fraction of sp³-hybridized carbons (Fsp3) is 0.571. The number of azide groups is 4. The molecule has 1 aliphatic rings. The van der Waals surface area contributed by atoms with Crippen molar-refractivity contribution in [2.75, 3.05) is 52.6 Å². The van der Waals surface area contributed by atoms with Crippen LogP contribution < -0.4 is 18.9 Å². The van der Waals surface area contributed by atoms with E-state index < -0.39 is 0 Å². The number of benzene rings is 4. The van der Waals surface area contributed by atoms with E-state index in [0.29, 0.717) is 104 Å². The van der Waals surface area contributed by atoms with Crippen LogP contribution in [0.25, 0.3) is 41.8 Å². The van der Waals surface area contributed by atoms with Crippen molar-refractivity contribution in [1.82, 2.24) is 0 Å². The molecule has 8 bridgehead atoms. The van der Waals surface area contributed by atoms with Gasteiger partial charge in [-0.3, -0.25) is 0 Å². The molecule has 1 aliphatic carbocycles. The third kappa shape index (κ3) is 15.7. The Labute approximate surface area is 426 Å². The second-order valence-corrected chi connectivity index (χ2v) is 22.8. The van der Waals surface area contributed by atoms with Gasteiger partial charge in [0.1, 0.15) is 23.0 Å². The van der Waals surface area contributed by atoms with Gasteiger partial charge in [-0.15, -0.1) is 0 Å². The number of nitrogens with zero attached hydrogens (tertiary/aromatic N) is 12. The van der Waals surface area contributed by atoms with Crippen molar-refractivity contribution < 1.29 is 18.9 Å². The lowest BCUT2D eigenvalue weighted by Gasteiger charge is -2.29. The lowest BCUT2D eigenvalue weighted by molar-refractivity contribution is 0.300. The quantitative estimate of drug-likeness (QED) is 0.0320. The molecule has 16 heteroatoms. The van der Waals surface area contributed by atoms with Gasteiger partial charge in [-0.25, -0.2) is 0 Å². The van der Waals surface area contributed by atoms with Crippen LogP contribution in [0.2, 0.25) is 0 Å². The van der Waals surface area contributed by atoms with E-state index in [1.165, 1.54) is 0 Å². The first-order valence-electron chi connectivity index (χ1n) is 25.3. The summed E-state index contributed by atoms with van der Waals surface area (Å²) in [5, 5.41) is 15.3. The first-order valence-corrected chi connectivity index (χ1v) is 25.3. The number of hydrogen-bond acceptors (Lipinski definition) is 8. The Bertz CT molecular complexity index is 2270. The molecule has 0 heterocycles. The molecule has 5 rings (SSSR count). The third-order valence-corrected chi connectivity index (χ3v) is 12.8. The normalized spacial score (nSPS) is 12.6. The molecule has 0 spiro atoms. The van der Waals surface area contributed by atoms with Gasteiger partial charge < -0.3 is 18.9 Å². The zero-order valence-corrected chi connectivity index (χ0v) is 44.9. The van der Waals surface area contributed by atoms with Crippen molar-refractivity contribution in [3.63, 3.8) is 0 Å². The zero-order valence-electron chi connectivity index (χ0n) is 44.9. The van der Waals surface area contributed by atoms with Crippen LogP contribution in [0.1, 0.15) is 176 Å². The molecule has 0 atom stereocenters. The number of hydrogen-bond donors (Lipinski definition) is 0. The van der Waals surface area contributed by atoms with Crippen molar-refractivity contribution >= 4 is 0 Å². The molecule has 16 nitrogen and oxygen atoms in total. The van der Waals surface area contributed by atoms with E-state index in [1.807, 2.05) is 0 Å². The van der Waals surface area contributed by atoms with Gasteiger partial charge in [-0.05, 0) is 136 Å². The van der Waals surface area contributed by atoms with Gasteiger partial charge in [0.25, 0.3) is 0 Å². The smallest absolute Gasteiger partial charge is 0.126 e. The van der Waals surface area contributed by atoms with Crippen LogP contribution in [0.3, 0.4) is 0 Å². The van der Waals surface area contributed by atoms with E-state index in [-0.39, 0.29) is 21.7 Å². The highest BCUT2D eigenvalue weighted by Gasteiger charge is 2.29. The lowest BCUT2D eigenvalue weighted by atomic mass is 9.79. The highest BCUT2D eigenvalue weighted by Crippen LogP contribution is 2.44. The summed E-state index contributed by atoms with van der Waals surface area (Å²) < 4.78 is 27.8. The molecular formula is C56H76N12O4. The highest BCUT2D eigenvalue weighted by atomic mass is 16.5. The number of fused-ring (bicyclic) bond motifs is 8. The Morgan fingerprint density at radius 2 is 0.500 bits per heavy atom. The number of rotatable bonds is 20. The third-order valence-electron chi connectivity index (χ3n) is 12.8. The van der Waals surface area contributed by atoms with Crippen molar-refractivity contribution in [2.24, 2.45) is 20.5 Å². The molecule has 0 fully saturated rings. The summed E-state index contributed by atoms with van der Waals surface area (Å²) in [5.74, 6) is 3.06. The van der Waals surface area contributed by atoms with Crippen molar-refractivity contribution in [1.29, 1.82) is 0 Å². The minimum Gasteiger partial charge on any atom is -0.493 e. The lowest BCUT2D eigenvalue weighted by Crippen LogP contribution is -2.18. The van der Waals surface area contributed by atoms with Crippen LogP contribution in [0, 0.1) is 0 Å². The summed E-state index contributed by atoms with van der Waals surface area (Å²) in [7, 11) is 0. The Morgan fingerprint density at radius 1 is 0.333 bits per heavy atom. The summed E-state index contributed by atoms with van der Waals surface area (Å²) in [6, 6.07) is 18.2. The Morgan fingerprint density at radius 3 is 0.639 bits per heavy atom.